The molecule has 1 rings (SSSR count). The first-order valence-corrected chi connectivity index (χ1v) is 6.66. The molecule has 1 aromatic carbocycles. The summed E-state index contributed by atoms with van der Waals surface area (Å²) in [6.07, 6.45) is 0.527. The summed E-state index contributed by atoms with van der Waals surface area (Å²) in [4.78, 5) is 15.6. The van der Waals surface area contributed by atoms with Crippen molar-refractivity contribution in [1.82, 2.24) is 10.2 Å². The minimum absolute atomic E-state index is 0.0942. The van der Waals surface area contributed by atoms with E-state index in [-0.39, 0.29) is 11.9 Å². The number of hydrogen-bond donors (Lipinski definition) is 1. The highest BCUT2D eigenvalue weighted by atomic mass is 16.1. The Kier molecular flexibility index (Phi) is 5.83. The van der Waals surface area contributed by atoms with Gasteiger partial charge in [0.1, 0.15) is 0 Å². The number of likely N-dealkylation sites (N-methyl/N-ethyl adjacent to an activating group) is 1. The van der Waals surface area contributed by atoms with Crippen molar-refractivity contribution in [3.8, 4) is 0 Å². The van der Waals surface area contributed by atoms with Gasteiger partial charge >= 0.3 is 0 Å². The van der Waals surface area contributed by atoms with Crippen molar-refractivity contribution in [3.63, 3.8) is 0 Å². The Balaban J connectivity index is 2.78. The fourth-order valence-electron chi connectivity index (χ4n) is 1.93. The summed E-state index contributed by atoms with van der Waals surface area (Å²) in [5.41, 5.74) is 2.39. The Labute approximate surface area is 116 Å². The fourth-order valence-corrected chi connectivity index (χ4v) is 1.93. The lowest BCUT2D eigenvalue weighted by Crippen LogP contribution is -2.34. The quantitative estimate of drug-likeness (QED) is 0.851. The van der Waals surface area contributed by atoms with Crippen LogP contribution in [0.5, 0.6) is 0 Å². The normalized spacial score (nSPS) is 12.3. The van der Waals surface area contributed by atoms with Crippen molar-refractivity contribution < 1.29 is 4.79 Å². The molecule has 1 N–H and O–H groups in total. The van der Waals surface area contributed by atoms with Crippen LogP contribution in [0.4, 0.5) is 5.69 Å². The molecule has 0 aromatic heterocycles. The third-order valence-electron chi connectivity index (χ3n) is 3.23. The molecule has 4 heteroatoms. The molecule has 19 heavy (non-hydrogen) atoms. The predicted octanol–water partition coefficient (Wildman–Crippen LogP) is 1.88. The second kappa shape index (κ2) is 7.14. The molecule has 4 nitrogen and oxygen atoms in total. The van der Waals surface area contributed by atoms with Crippen LogP contribution in [-0.2, 0) is 4.79 Å². The van der Waals surface area contributed by atoms with Gasteiger partial charge in [0.25, 0.3) is 0 Å². The smallest absolute Gasteiger partial charge is 0.219 e. The Morgan fingerprint density at radius 2 is 1.74 bits per heavy atom. The summed E-state index contributed by atoms with van der Waals surface area (Å²) in [5, 5.41) is 2.96. The van der Waals surface area contributed by atoms with Gasteiger partial charge in [-0.25, -0.2) is 0 Å². The number of nitrogens with one attached hydrogen (secondary N) is 1. The summed E-state index contributed by atoms with van der Waals surface area (Å²) in [5.74, 6) is 0.0942. The number of carbonyl (C=O) groups is 1. The van der Waals surface area contributed by atoms with E-state index in [1.165, 1.54) is 11.3 Å². The number of anilines is 1. The van der Waals surface area contributed by atoms with Crippen LogP contribution >= 0.6 is 0 Å². The number of nitrogens with zero attached hydrogens (tertiary/aromatic N) is 2. The first-order valence-electron chi connectivity index (χ1n) is 6.66. The molecule has 1 atom stereocenters. The van der Waals surface area contributed by atoms with Crippen molar-refractivity contribution in [1.29, 1.82) is 0 Å². The van der Waals surface area contributed by atoms with E-state index in [0.29, 0.717) is 13.0 Å². The van der Waals surface area contributed by atoms with Gasteiger partial charge in [-0.05, 0) is 31.8 Å². The van der Waals surface area contributed by atoms with Gasteiger partial charge in [0.15, 0.2) is 0 Å². The minimum Gasteiger partial charge on any atom is -0.378 e. The van der Waals surface area contributed by atoms with E-state index in [2.05, 4.69) is 39.4 Å². The molecule has 1 amide bonds. The van der Waals surface area contributed by atoms with E-state index in [9.17, 15) is 4.79 Å². The number of hydrogen-bond acceptors (Lipinski definition) is 3. The molecule has 0 aliphatic heterocycles. The molecular weight excluding hydrogens is 238 g/mol. The van der Waals surface area contributed by atoms with Crippen LogP contribution < -0.4 is 10.2 Å². The third-order valence-corrected chi connectivity index (χ3v) is 3.23. The number of benzene rings is 1. The number of amides is 1. The molecule has 0 unspecified atom stereocenters. The largest absolute Gasteiger partial charge is 0.378 e. The van der Waals surface area contributed by atoms with Gasteiger partial charge in [0.2, 0.25) is 5.91 Å². The zero-order valence-corrected chi connectivity index (χ0v) is 12.6. The highest BCUT2D eigenvalue weighted by Gasteiger charge is 2.14. The lowest BCUT2D eigenvalue weighted by molar-refractivity contribution is -0.121. The van der Waals surface area contributed by atoms with E-state index in [4.69, 9.17) is 0 Å². The van der Waals surface area contributed by atoms with Gasteiger partial charge in [-0.1, -0.05) is 19.1 Å². The van der Waals surface area contributed by atoms with Gasteiger partial charge in [0.05, 0.1) is 6.04 Å². The average Bonchev–Trinajstić information content (AvgIpc) is 2.38. The van der Waals surface area contributed by atoms with E-state index in [1.807, 2.05) is 35.1 Å². The van der Waals surface area contributed by atoms with Crippen LogP contribution in [-0.4, -0.2) is 45.5 Å². The lowest BCUT2D eigenvalue weighted by atomic mass is 10.1. The van der Waals surface area contributed by atoms with Gasteiger partial charge in [-0.15, -0.1) is 0 Å². The minimum atomic E-state index is 0.0942. The molecule has 106 valence electrons. The van der Waals surface area contributed by atoms with Crippen LogP contribution in [0.15, 0.2) is 24.3 Å². The summed E-state index contributed by atoms with van der Waals surface area (Å²) in [7, 11) is 8.12. The van der Waals surface area contributed by atoms with Crippen LogP contribution in [0, 0.1) is 0 Å². The fraction of sp³-hybridized carbons (Fsp3) is 0.533. The van der Waals surface area contributed by atoms with Gasteiger partial charge in [-0.3, -0.25) is 4.79 Å². The SMILES string of the molecule is CCC(=O)NC[C@@H](c1ccc(N(C)C)cc1)N(C)C. The Morgan fingerprint density at radius 3 is 2.16 bits per heavy atom. The van der Waals surface area contributed by atoms with Crippen LogP contribution in [0.3, 0.4) is 0 Å². The molecule has 1 aromatic rings. The first-order chi connectivity index (χ1) is 8.95. The van der Waals surface area contributed by atoms with Crippen molar-refractivity contribution >= 4 is 11.6 Å². The number of rotatable bonds is 6. The highest BCUT2D eigenvalue weighted by molar-refractivity contribution is 5.75. The predicted molar refractivity (Wildman–Crippen MR) is 80.5 cm³/mol. The zero-order chi connectivity index (χ0) is 14.4. The molecule has 0 heterocycles. The van der Waals surface area contributed by atoms with E-state index < -0.39 is 0 Å². The average molecular weight is 263 g/mol. The standard InChI is InChI=1S/C15H25N3O/c1-6-15(19)16-11-14(18(4)5)12-7-9-13(10-8-12)17(2)3/h7-10,14H,6,11H2,1-5H3,(H,16,19)/t14-/m0/s1. The third kappa shape index (κ3) is 4.56. The second-order valence-electron chi connectivity index (χ2n) is 5.12. The monoisotopic (exact) mass is 263 g/mol. The van der Waals surface area contributed by atoms with Crippen molar-refractivity contribution in [2.75, 3.05) is 39.6 Å². The van der Waals surface area contributed by atoms with Crippen LogP contribution in [0.25, 0.3) is 0 Å². The summed E-state index contributed by atoms with van der Waals surface area (Å²) in [6, 6.07) is 8.66. The van der Waals surface area contributed by atoms with Crippen LogP contribution in [0.2, 0.25) is 0 Å². The van der Waals surface area contributed by atoms with Gasteiger partial charge in [-0.2, -0.15) is 0 Å². The van der Waals surface area contributed by atoms with Crippen molar-refractivity contribution in [2.24, 2.45) is 0 Å². The molecule has 0 fully saturated rings. The maximum absolute atomic E-state index is 11.4. The Hall–Kier alpha value is -1.55. The highest BCUT2D eigenvalue weighted by Crippen LogP contribution is 2.20. The summed E-state index contributed by atoms with van der Waals surface area (Å²) < 4.78 is 0. The maximum Gasteiger partial charge on any atom is 0.219 e. The van der Waals surface area contributed by atoms with Crippen molar-refractivity contribution in [2.45, 2.75) is 19.4 Å². The molecule has 0 aliphatic rings. The topological polar surface area (TPSA) is 35.6 Å². The molecular formula is C15H25N3O. The zero-order valence-electron chi connectivity index (χ0n) is 12.6. The number of carbonyl (C=O) groups excluding carboxylic acids is 1. The lowest BCUT2D eigenvalue weighted by Gasteiger charge is -2.25. The van der Waals surface area contributed by atoms with Crippen LogP contribution in [0.1, 0.15) is 24.9 Å². The van der Waals surface area contributed by atoms with E-state index >= 15 is 0 Å². The second-order valence-corrected chi connectivity index (χ2v) is 5.12. The molecule has 0 bridgehead atoms. The van der Waals surface area contributed by atoms with E-state index in [1.54, 1.807) is 0 Å². The molecule has 0 saturated heterocycles. The van der Waals surface area contributed by atoms with Gasteiger partial charge in [0, 0.05) is 32.7 Å². The molecule has 0 radical (unpaired) electrons. The summed E-state index contributed by atoms with van der Waals surface area (Å²) in [6.45, 7) is 2.51. The Bertz CT molecular complexity index is 398. The van der Waals surface area contributed by atoms with E-state index in [0.717, 1.165) is 0 Å². The molecule has 0 spiro atoms. The molecule has 0 saturated carbocycles. The first kappa shape index (κ1) is 15.5. The Morgan fingerprint density at radius 1 is 1.16 bits per heavy atom. The van der Waals surface area contributed by atoms with Crippen molar-refractivity contribution in [3.05, 3.63) is 29.8 Å². The maximum atomic E-state index is 11.4. The van der Waals surface area contributed by atoms with Gasteiger partial charge < -0.3 is 15.1 Å². The molecule has 0 aliphatic carbocycles. The summed E-state index contributed by atoms with van der Waals surface area (Å²) >= 11 is 0.